The van der Waals surface area contributed by atoms with Crippen LogP contribution in [0.5, 0.6) is 0 Å². The second-order valence-electron chi connectivity index (χ2n) is 5.58. The first-order valence-corrected chi connectivity index (χ1v) is 7.73. The molecule has 4 aromatic rings. The molecule has 0 aliphatic rings. The van der Waals surface area contributed by atoms with E-state index in [0.717, 1.165) is 22.3 Å². The molecule has 0 spiro atoms. The Morgan fingerprint density at radius 3 is 2.74 bits per heavy atom. The molecule has 2 aromatic heterocycles. The number of rotatable bonds is 2. The highest BCUT2D eigenvalue weighted by Crippen LogP contribution is 2.18. The molecule has 4 nitrogen and oxygen atoms in total. The summed E-state index contributed by atoms with van der Waals surface area (Å²) in [5.41, 5.74) is 3.52. The number of benzene rings is 2. The Kier molecular flexibility index (Phi) is 3.20. The molecule has 0 atom stereocenters. The van der Waals surface area contributed by atoms with E-state index in [4.69, 9.17) is 11.6 Å². The average Bonchev–Trinajstić information content (AvgIpc) is 2.91. The fourth-order valence-corrected chi connectivity index (χ4v) is 3.12. The van der Waals surface area contributed by atoms with Crippen molar-refractivity contribution in [2.24, 2.45) is 0 Å². The van der Waals surface area contributed by atoms with E-state index in [0.29, 0.717) is 17.3 Å². The Bertz CT molecular complexity index is 1090. The number of para-hydroxylation sites is 2. The Balaban J connectivity index is 2.00. The predicted molar refractivity (Wildman–Crippen MR) is 92.2 cm³/mol. The van der Waals surface area contributed by atoms with E-state index < -0.39 is 0 Å². The van der Waals surface area contributed by atoms with Crippen molar-refractivity contribution in [2.75, 3.05) is 0 Å². The van der Waals surface area contributed by atoms with Crippen LogP contribution in [0.1, 0.15) is 11.3 Å². The first-order valence-electron chi connectivity index (χ1n) is 7.35. The molecular weight excluding hydrogens is 310 g/mol. The lowest BCUT2D eigenvalue weighted by Gasteiger charge is -2.12. The number of imidazole rings is 1. The summed E-state index contributed by atoms with van der Waals surface area (Å²) in [5, 5.41) is 0.700. The van der Waals surface area contributed by atoms with E-state index in [1.165, 1.54) is 0 Å². The number of halogens is 1. The Labute approximate surface area is 137 Å². The van der Waals surface area contributed by atoms with Gasteiger partial charge in [-0.15, -0.1) is 0 Å². The summed E-state index contributed by atoms with van der Waals surface area (Å²) in [7, 11) is 0. The standard InChI is InChI=1S/C18H14ClN3O/c1-12-9-17(23)22-16-8-3-2-7-15(16)20-18(22)21(12)11-13-5-4-6-14(19)10-13/h2-10H,11H2,1H3. The number of aromatic nitrogens is 3. The van der Waals surface area contributed by atoms with Crippen LogP contribution in [-0.4, -0.2) is 14.0 Å². The van der Waals surface area contributed by atoms with Gasteiger partial charge in [-0.1, -0.05) is 35.9 Å². The van der Waals surface area contributed by atoms with Gasteiger partial charge in [0.05, 0.1) is 17.6 Å². The molecule has 5 heteroatoms. The van der Waals surface area contributed by atoms with Crippen molar-refractivity contribution in [1.29, 1.82) is 0 Å². The lowest BCUT2D eigenvalue weighted by Crippen LogP contribution is -2.19. The van der Waals surface area contributed by atoms with Gasteiger partial charge in [0.1, 0.15) is 0 Å². The van der Waals surface area contributed by atoms with Gasteiger partial charge in [-0.05, 0) is 36.8 Å². The minimum absolute atomic E-state index is 0.0615. The van der Waals surface area contributed by atoms with E-state index in [-0.39, 0.29) is 5.56 Å². The maximum atomic E-state index is 12.4. The van der Waals surface area contributed by atoms with Crippen LogP contribution in [0.3, 0.4) is 0 Å². The van der Waals surface area contributed by atoms with Gasteiger partial charge in [0.15, 0.2) is 0 Å². The highest BCUT2D eigenvalue weighted by Gasteiger charge is 2.12. The highest BCUT2D eigenvalue weighted by atomic mass is 35.5. The van der Waals surface area contributed by atoms with Crippen molar-refractivity contribution in [3.8, 4) is 0 Å². The number of hydrogen-bond acceptors (Lipinski definition) is 2. The largest absolute Gasteiger partial charge is 0.311 e. The topological polar surface area (TPSA) is 39.3 Å². The van der Waals surface area contributed by atoms with Crippen LogP contribution in [0.4, 0.5) is 0 Å². The van der Waals surface area contributed by atoms with Crippen LogP contribution < -0.4 is 5.56 Å². The molecular formula is C18H14ClN3O. The molecule has 0 radical (unpaired) electrons. The van der Waals surface area contributed by atoms with Crippen molar-refractivity contribution in [3.63, 3.8) is 0 Å². The Morgan fingerprint density at radius 1 is 1.09 bits per heavy atom. The van der Waals surface area contributed by atoms with Gasteiger partial charge >= 0.3 is 0 Å². The lowest BCUT2D eigenvalue weighted by atomic mass is 10.2. The van der Waals surface area contributed by atoms with Crippen molar-refractivity contribution in [2.45, 2.75) is 13.5 Å². The molecule has 0 fully saturated rings. The van der Waals surface area contributed by atoms with Gasteiger partial charge in [0.2, 0.25) is 5.78 Å². The van der Waals surface area contributed by atoms with Crippen molar-refractivity contribution in [1.82, 2.24) is 14.0 Å². The van der Waals surface area contributed by atoms with E-state index >= 15 is 0 Å². The zero-order valence-corrected chi connectivity index (χ0v) is 13.3. The first-order chi connectivity index (χ1) is 11.1. The van der Waals surface area contributed by atoms with Crippen molar-refractivity contribution >= 4 is 28.4 Å². The third-order valence-electron chi connectivity index (χ3n) is 3.99. The fourth-order valence-electron chi connectivity index (χ4n) is 2.90. The fraction of sp³-hybridized carbons (Fsp3) is 0.111. The van der Waals surface area contributed by atoms with E-state index in [2.05, 4.69) is 4.98 Å². The van der Waals surface area contributed by atoms with Gasteiger partial charge < -0.3 is 4.57 Å². The van der Waals surface area contributed by atoms with Gasteiger partial charge in [0, 0.05) is 16.8 Å². The average molecular weight is 324 g/mol. The van der Waals surface area contributed by atoms with Crippen LogP contribution in [0, 0.1) is 6.92 Å². The molecule has 0 amide bonds. The minimum Gasteiger partial charge on any atom is -0.311 e. The predicted octanol–water partition coefficient (Wildman–Crippen LogP) is 3.66. The van der Waals surface area contributed by atoms with Crippen LogP contribution in [0.25, 0.3) is 16.8 Å². The van der Waals surface area contributed by atoms with Gasteiger partial charge in [-0.3, -0.25) is 4.79 Å². The summed E-state index contributed by atoms with van der Waals surface area (Å²) in [5.74, 6) is 0.649. The molecule has 2 heterocycles. The number of aryl methyl sites for hydroxylation is 1. The second-order valence-corrected chi connectivity index (χ2v) is 6.01. The maximum Gasteiger partial charge on any atom is 0.259 e. The molecule has 4 rings (SSSR count). The van der Waals surface area contributed by atoms with Crippen molar-refractivity contribution in [3.05, 3.63) is 81.2 Å². The number of hydrogen-bond donors (Lipinski definition) is 0. The molecule has 0 unspecified atom stereocenters. The monoisotopic (exact) mass is 323 g/mol. The zero-order valence-electron chi connectivity index (χ0n) is 12.5. The van der Waals surface area contributed by atoms with Crippen LogP contribution in [-0.2, 0) is 6.54 Å². The molecule has 0 saturated heterocycles. The van der Waals surface area contributed by atoms with E-state index in [9.17, 15) is 4.79 Å². The summed E-state index contributed by atoms with van der Waals surface area (Å²) >= 11 is 6.08. The molecule has 2 aromatic carbocycles. The Morgan fingerprint density at radius 2 is 1.91 bits per heavy atom. The number of nitrogens with zero attached hydrogens (tertiary/aromatic N) is 3. The molecule has 0 N–H and O–H groups in total. The first kappa shape index (κ1) is 14.0. The summed E-state index contributed by atoms with van der Waals surface area (Å²) < 4.78 is 3.69. The van der Waals surface area contributed by atoms with E-state index in [1.807, 2.05) is 60.0 Å². The molecule has 0 bridgehead atoms. The van der Waals surface area contributed by atoms with Gasteiger partial charge in [-0.25, -0.2) is 9.38 Å². The smallest absolute Gasteiger partial charge is 0.259 e. The summed E-state index contributed by atoms with van der Waals surface area (Å²) in [6, 6.07) is 17.0. The molecule has 23 heavy (non-hydrogen) atoms. The quantitative estimate of drug-likeness (QED) is 0.565. The Hall–Kier alpha value is -2.59. The molecule has 0 aliphatic carbocycles. The third-order valence-corrected chi connectivity index (χ3v) is 4.23. The zero-order chi connectivity index (χ0) is 16.0. The number of fused-ring (bicyclic) bond motifs is 3. The summed E-state index contributed by atoms with van der Waals surface area (Å²) in [6.07, 6.45) is 0. The lowest BCUT2D eigenvalue weighted by molar-refractivity contribution is 0.752. The van der Waals surface area contributed by atoms with Crippen LogP contribution >= 0.6 is 11.6 Å². The van der Waals surface area contributed by atoms with Crippen molar-refractivity contribution < 1.29 is 0 Å². The molecule has 0 saturated carbocycles. The minimum atomic E-state index is -0.0615. The summed E-state index contributed by atoms with van der Waals surface area (Å²) in [4.78, 5) is 17.1. The second kappa shape index (κ2) is 5.25. The highest BCUT2D eigenvalue weighted by molar-refractivity contribution is 6.30. The molecule has 0 aliphatic heterocycles. The summed E-state index contributed by atoms with van der Waals surface area (Å²) in [6.45, 7) is 2.53. The van der Waals surface area contributed by atoms with Crippen LogP contribution in [0.2, 0.25) is 5.02 Å². The maximum absolute atomic E-state index is 12.4. The van der Waals surface area contributed by atoms with Crippen LogP contribution in [0.15, 0.2) is 59.4 Å². The SMILES string of the molecule is Cc1cc(=O)n2c3ccccc3nc2n1Cc1cccc(Cl)c1. The van der Waals surface area contributed by atoms with Gasteiger partial charge in [-0.2, -0.15) is 0 Å². The van der Waals surface area contributed by atoms with E-state index in [1.54, 1.807) is 10.5 Å². The van der Waals surface area contributed by atoms with Gasteiger partial charge in [0.25, 0.3) is 5.56 Å². The molecule has 114 valence electrons. The normalized spacial score (nSPS) is 11.4. The third kappa shape index (κ3) is 2.32.